The highest BCUT2D eigenvalue weighted by Gasteiger charge is 1.84. The molecule has 0 aliphatic rings. The van der Waals surface area contributed by atoms with E-state index in [-0.39, 0.29) is 0 Å². The van der Waals surface area contributed by atoms with Gasteiger partial charge in [0.25, 0.3) is 0 Å². The van der Waals surface area contributed by atoms with Crippen molar-refractivity contribution >= 4 is 6.08 Å². The highest BCUT2D eigenvalue weighted by atomic mass is 16.3. The largest absolute Gasteiger partial charge is 0.508 e. The van der Waals surface area contributed by atoms with Crippen LogP contribution in [0.2, 0.25) is 0 Å². The van der Waals surface area contributed by atoms with E-state index >= 15 is 0 Å². The van der Waals surface area contributed by atoms with Crippen molar-refractivity contribution in [1.29, 1.82) is 5.26 Å². The average molecular weight is 173 g/mol. The third-order valence-corrected chi connectivity index (χ3v) is 1.22. The molecule has 0 aliphatic heterocycles. The van der Waals surface area contributed by atoms with E-state index < -0.39 is 0 Å². The van der Waals surface area contributed by atoms with E-state index in [1.807, 2.05) is 12.1 Å². The molecule has 2 nitrogen and oxygen atoms in total. The SMILES string of the molecule is C=CC#N.C=Cc1ccc(O)cc1. The van der Waals surface area contributed by atoms with Crippen LogP contribution in [-0.4, -0.2) is 5.11 Å². The van der Waals surface area contributed by atoms with Crippen LogP contribution < -0.4 is 0 Å². The van der Waals surface area contributed by atoms with Crippen LogP contribution in [0.1, 0.15) is 5.56 Å². The number of rotatable bonds is 1. The van der Waals surface area contributed by atoms with Gasteiger partial charge in [-0.25, -0.2) is 0 Å². The van der Waals surface area contributed by atoms with Gasteiger partial charge in [-0.2, -0.15) is 5.26 Å². The van der Waals surface area contributed by atoms with Crippen LogP contribution in [0.15, 0.2) is 43.5 Å². The predicted molar refractivity (Wildman–Crippen MR) is 54.0 cm³/mol. The lowest BCUT2D eigenvalue weighted by atomic mass is 10.2. The number of hydrogen-bond acceptors (Lipinski definition) is 2. The van der Waals surface area contributed by atoms with Crippen molar-refractivity contribution in [2.45, 2.75) is 0 Å². The maximum atomic E-state index is 8.82. The molecule has 0 spiro atoms. The van der Waals surface area contributed by atoms with Crippen molar-refractivity contribution in [3.63, 3.8) is 0 Å². The highest BCUT2D eigenvalue weighted by Crippen LogP contribution is 2.09. The van der Waals surface area contributed by atoms with Gasteiger partial charge >= 0.3 is 0 Å². The Morgan fingerprint density at radius 1 is 1.23 bits per heavy atom. The number of nitrogens with zero attached hydrogens (tertiary/aromatic N) is 1. The lowest BCUT2D eigenvalue weighted by Gasteiger charge is -1.90. The zero-order chi connectivity index (χ0) is 10.1. The van der Waals surface area contributed by atoms with E-state index in [9.17, 15) is 0 Å². The van der Waals surface area contributed by atoms with Gasteiger partial charge in [0.2, 0.25) is 0 Å². The van der Waals surface area contributed by atoms with Crippen LogP contribution in [0.5, 0.6) is 5.75 Å². The van der Waals surface area contributed by atoms with Crippen LogP contribution >= 0.6 is 0 Å². The van der Waals surface area contributed by atoms with Gasteiger partial charge in [0.15, 0.2) is 0 Å². The molecule has 0 fully saturated rings. The van der Waals surface area contributed by atoms with E-state index in [0.29, 0.717) is 5.75 Å². The maximum Gasteiger partial charge on any atom is 0.115 e. The summed E-state index contributed by atoms with van der Waals surface area (Å²) in [5.41, 5.74) is 1.02. The fourth-order valence-electron chi connectivity index (χ4n) is 0.610. The van der Waals surface area contributed by atoms with E-state index in [1.165, 1.54) is 6.08 Å². The Hall–Kier alpha value is -2.01. The number of hydrogen-bond donors (Lipinski definition) is 1. The molecule has 1 N–H and O–H groups in total. The molecule has 0 saturated carbocycles. The number of nitriles is 1. The van der Waals surface area contributed by atoms with Gasteiger partial charge in [-0.05, 0) is 17.7 Å². The maximum absolute atomic E-state index is 8.82. The summed E-state index contributed by atoms with van der Waals surface area (Å²) >= 11 is 0. The first-order chi connectivity index (χ1) is 6.24. The minimum atomic E-state index is 0.292. The molecule has 66 valence electrons. The fourth-order valence-corrected chi connectivity index (χ4v) is 0.610. The molecular weight excluding hydrogens is 162 g/mol. The Labute approximate surface area is 78.1 Å². The normalized spacial score (nSPS) is 7.31. The topological polar surface area (TPSA) is 44.0 Å². The van der Waals surface area contributed by atoms with Crippen molar-refractivity contribution in [1.82, 2.24) is 0 Å². The smallest absolute Gasteiger partial charge is 0.115 e. The molecule has 1 aromatic rings. The van der Waals surface area contributed by atoms with Gasteiger partial charge in [0.1, 0.15) is 5.75 Å². The van der Waals surface area contributed by atoms with Gasteiger partial charge in [-0.15, -0.1) is 0 Å². The number of allylic oxidation sites excluding steroid dienone is 1. The van der Waals surface area contributed by atoms with Crippen molar-refractivity contribution in [2.24, 2.45) is 0 Å². The lowest BCUT2D eigenvalue weighted by molar-refractivity contribution is 0.475. The summed E-state index contributed by atoms with van der Waals surface area (Å²) in [5.74, 6) is 0.292. The predicted octanol–water partition coefficient (Wildman–Crippen LogP) is 2.73. The highest BCUT2D eigenvalue weighted by molar-refractivity contribution is 5.47. The second kappa shape index (κ2) is 6.68. The molecule has 0 heterocycles. The van der Waals surface area contributed by atoms with Crippen LogP contribution in [0, 0.1) is 11.3 Å². The number of aromatic hydroxyl groups is 1. The van der Waals surface area contributed by atoms with Crippen molar-refractivity contribution < 1.29 is 5.11 Å². The molecule has 1 rings (SSSR count). The summed E-state index contributed by atoms with van der Waals surface area (Å²) in [5, 5.41) is 16.3. The zero-order valence-electron chi connectivity index (χ0n) is 7.27. The summed E-state index contributed by atoms with van der Waals surface area (Å²) in [7, 11) is 0. The third-order valence-electron chi connectivity index (χ3n) is 1.22. The molecule has 0 radical (unpaired) electrons. The van der Waals surface area contributed by atoms with Crippen LogP contribution in [0.3, 0.4) is 0 Å². The molecule has 0 bridgehead atoms. The van der Waals surface area contributed by atoms with Crippen molar-refractivity contribution in [2.75, 3.05) is 0 Å². The standard InChI is InChI=1S/C8H8O.C3H3N/c1-2-7-3-5-8(9)6-4-7;1-2-3-4/h2-6,9H,1H2;2H,1H2. The number of benzene rings is 1. The number of phenolic OH excluding ortho intramolecular Hbond substituents is 1. The molecule has 2 heteroatoms. The Morgan fingerprint density at radius 2 is 1.69 bits per heavy atom. The second-order valence-electron chi connectivity index (χ2n) is 2.13. The average Bonchev–Trinajstić information content (AvgIpc) is 2.19. The molecule has 1 aromatic carbocycles. The van der Waals surface area contributed by atoms with Crippen molar-refractivity contribution in [3.8, 4) is 11.8 Å². The van der Waals surface area contributed by atoms with Gasteiger partial charge in [-0.1, -0.05) is 31.4 Å². The summed E-state index contributed by atoms with van der Waals surface area (Å²) in [6.07, 6.45) is 2.92. The molecular formula is C11H11NO. The van der Waals surface area contributed by atoms with Crippen LogP contribution in [0.25, 0.3) is 6.08 Å². The Kier molecular flexibility index (Phi) is 5.65. The summed E-state index contributed by atoms with van der Waals surface area (Å²) in [4.78, 5) is 0. The van der Waals surface area contributed by atoms with Gasteiger partial charge in [0.05, 0.1) is 6.07 Å². The number of phenols is 1. The van der Waals surface area contributed by atoms with Crippen LogP contribution in [-0.2, 0) is 0 Å². The lowest BCUT2D eigenvalue weighted by Crippen LogP contribution is -1.67. The Morgan fingerprint density at radius 3 is 2.00 bits per heavy atom. The molecule has 0 aromatic heterocycles. The van der Waals surface area contributed by atoms with Gasteiger partial charge in [0, 0.05) is 6.08 Å². The second-order valence-corrected chi connectivity index (χ2v) is 2.13. The van der Waals surface area contributed by atoms with Gasteiger partial charge < -0.3 is 5.11 Å². The van der Waals surface area contributed by atoms with Crippen LogP contribution in [0.4, 0.5) is 0 Å². The van der Waals surface area contributed by atoms with E-state index in [1.54, 1.807) is 24.3 Å². The summed E-state index contributed by atoms with van der Waals surface area (Å²) in [6, 6.07) is 8.58. The summed E-state index contributed by atoms with van der Waals surface area (Å²) in [6.45, 7) is 6.70. The zero-order valence-corrected chi connectivity index (χ0v) is 7.27. The van der Waals surface area contributed by atoms with E-state index in [2.05, 4.69) is 13.2 Å². The Bertz CT molecular complexity index is 306. The molecule has 0 saturated heterocycles. The molecule has 0 unspecified atom stereocenters. The molecule has 0 atom stereocenters. The quantitative estimate of drug-likeness (QED) is 0.663. The molecule has 0 amide bonds. The first kappa shape index (κ1) is 11.0. The molecule has 13 heavy (non-hydrogen) atoms. The minimum Gasteiger partial charge on any atom is -0.508 e. The fraction of sp³-hybridized carbons (Fsp3) is 0. The molecule has 0 aliphatic carbocycles. The third kappa shape index (κ3) is 5.28. The van der Waals surface area contributed by atoms with E-state index in [4.69, 9.17) is 10.4 Å². The summed E-state index contributed by atoms with van der Waals surface area (Å²) < 4.78 is 0. The van der Waals surface area contributed by atoms with Crippen molar-refractivity contribution in [3.05, 3.63) is 49.1 Å². The Balaban J connectivity index is 0.000000310. The monoisotopic (exact) mass is 173 g/mol. The van der Waals surface area contributed by atoms with E-state index in [0.717, 1.165) is 5.56 Å². The minimum absolute atomic E-state index is 0.292. The first-order valence-corrected chi connectivity index (χ1v) is 3.66. The first-order valence-electron chi connectivity index (χ1n) is 3.66. The van der Waals surface area contributed by atoms with Gasteiger partial charge in [-0.3, -0.25) is 0 Å².